The van der Waals surface area contributed by atoms with Gasteiger partial charge in [0.1, 0.15) is 5.82 Å². The fourth-order valence-corrected chi connectivity index (χ4v) is 2.24. The van der Waals surface area contributed by atoms with Crippen LogP contribution >= 0.6 is 0 Å². The molecule has 0 bridgehead atoms. The zero-order chi connectivity index (χ0) is 19.5. The highest BCUT2D eigenvalue weighted by Gasteiger charge is 2.37. The summed E-state index contributed by atoms with van der Waals surface area (Å²) in [5.41, 5.74) is 3.10. The van der Waals surface area contributed by atoms with Crippen LogP contribution in [0, 0.1) is 19.7 Å². The zero-order valence-electron chi connectivity index (χ0n) is 14.1. The Morgan fingerprint density at radius 2 is 1.76 bits per heavy atom. The number of nitrogens with zero attached hydrogens (tertiary/aromatic N) is 1. The van der Waals surface area contributed by atoms with Gasteiger partial charge in [0.2, 0.25) is 0 Å². The minimum absolute atomic E-state index is 0.0734. The summed E-state index contributed by atoms with van der Waals surface area (Å²) in [5, 5.41) is 9.01. The molecule has 3 N–H and O–H groups in total. The minimum atomic E-state index is -4.82. The van der Waals surface area contributed by atoms with E-state index in [1.54, 1.807) is 0 Å². The second kappa shape index (κ2) is 7.50. The van der Waals surface area contributed by atoms with Gasteiger partial charge in [-0.25, -0.2) is 9.18 Å². The molecule has 0 saturated heterocycles. The van der Waals surface area contributed by atoms with Crippen LogP contribution in [-0.2, 0) is 6.18 Å². The van der Waals surface area contributed by atoms with E-state index in [4.69, 9.17) is 10.8 Å². The highest BCUT2D eigenvalue weighted by molar-refractivity contribution is 5.97. The average molecular weight is 358 g/mol. The van der Waals surface area contributed by atoms with E-state index in [-0.39, 0.29) is 28.1 Å². The highest BCUT2D eigenvalue weighted by atomic mass is 19.4. The van der Waals surface area contributed by atoms with E-state index in [0.29, 0.717) is 6.07 Å². The van der Waals surface area contributed by atoms with Gasteiger partial charge in [0.25, 0.3) is 0 Å². The molecule has 0 aliphatic heterocycles. The van der Waals surface area contributed by atoms with E-state index in [1.165, 1.54) is 13.8 Å². The number of rotatable bonds is 2. The number of aryl methyl sites for hydroxylation is 1. The molecule has 8 heteroatoms. The van der Waals surface area contributed by atoms with Gasteiger partial charge in [-0.15, -0.1) is 0 Å². The van der Waals surface area contributed by atoms with Gasteiger partial charge in [-0.1, -0.05) is 13.8 Å². The van der Waals surface area contributed by atoms with Crippen LogP contribution in [0.5, 0.6) is 0 Å². The summed E-state index contributed by atoms with van der Waals surface area (Å²) in [6.07, 6.45) is -4.01. The van der Waals surface area contributed by atoms with Crippen LogP contribution in [0.25, 0.3) is 11.3 Å². The number of hydrogen-bond acceptors (Lipinski definition) is 3. The molecule has 0 aliphatic carbocycles. The predicted octanol–water partition coefficient (Wildman–Crippen LogP) is 4.83. The number of carbonyl (C=O) groups is 1. The third kappa shape index (κ3) is 4.07. The van der Waals surface area contributed by atoms with Crippen molar-refractivity contribution in [2.75, 3.05) is 5.73 Å². The number of carboxylic acids is 1. The van der Waals surface area contributed by atoms with Crippen LogP contribution in [0.3, 0.4) is 0 Å². The zero-order valence-corrected chi connectivity index (χ0v) is 14.1. The summed E-state index contributed by atoms with van der Waals surface area (Å²) in [5.74, 6) is -2.22. The van der Waals surface area contributed by atoms with Crippen LogP contribution in [-0.4, -0.2) is 16.1 Å². The second-order valence-corrected chi connectivity index (χ2v) is 5.01. The van der Waals surface area contributed by atoms with E-state index >= 15 is 0 Å². The van der Waals surface area contributed by atoms with Crippen molar-refractivity contribution in [3.63, 3.8) is 0 Å². The van der Waals surface area contributed by atoms with Crippen molar-refractivity contribution >= 4 is 11.7 Å². The summed E-state index contributed by atoms with van der Waals surface area (Å²) in [7, 11) is 0. The minimum Gasteiger partial charge on any atom is -0.478 e. The molecule has 0 atom stereocenters. The molecule has 0 amide bonds. The van der Waals surface area contributed by atoms with Crippen LogP contribution in [0.1, 0.15) is 40.9 Å². The molecule has 1 aromatic heterocycles. The Kier molecular flexibility index (Phi) is 6.12. The number of alkyl halides is 3. The van der Waals surface area contributed by atoms with Crippen LogP contribution in [0.4, 0.5) is 23.2 Å². The van der Waals surface area contributed by atoms with Gasteiger partial charge in [0.15, 0.2) is 0 Å². The lowest BCUT2D eigenvalue weighted by Gasteiger charge is -2.18. The summed E-state index contributed by atoms with van der Waals surface area (Å²) >= 11 is 0. The number of anilines is 1. The number of aromatic carboxylic acids is 1. The summed E-state index contributed by atoms with van der Waals surface area (Å²) < 4.78 is 53.3. The molecule has 25 heavy (non-hydrogen) atoms. The van der Waals surface area contributed by atoms with E-state index in [1.807, 2.05) is 13.8 Å². The van der Waals surface area contributed by atoms with Gasteiger partial charge in [0.05, 0.1) is 23.0 Å². The quantitative estimate of drug-likeness (QED) is 0.595. The van der Waals surface area contributed by atoms with Crippen molar-refractivity contribution < 1.29 is 27.5 Å². The van der Waals surface area contributed by atoms with Crippen molar-refractivity contribution in [1.29, 1.82) is 0 Å². The van der Waals surface area contributed by atoms with Crippen LogP contribution in [0.15, 0.2) is 18.3 Å². The molecule has 0 spiro atoms. The Morgan fingerprint density at radius 1 is 1.20 bits per heavy atom. The monoisotopic (exact) mass is 358 g/mol. The smallest absolute Gasteiger partial charge is 0.417 e. The van der Waals surface area contributed by atoms with Crippen LogP contribution in [0.2, 0.25) is 0 Å². The maximum Gasteiger partial charge on any atom is 0.417 e. The van der Waals surface area contributed by atoms with Crippen LogP contribution < -0.4 is 5.73 Å². The van der Waals surface area contributed by atoms with Crippen molar-refractivity contribution in [1.82, 2.24) is 4.98 Å². The molecule has 0 saturated carbocycles. The lowest BCUT2D eigenvalue weighted by Crippen LogP contribution is -2.14. The second-order valence-electron chi connectivity index (χ2n) is 5.01. The number of benzene rings is 1. The molecular formula is C17H18F4N2O2. The van der Waals surface area contributed by atoms with Gasteiger partial charge >= 0.3 is 12.1 Å². The van der Waals surface area contributed by atoms with Gasteiger partial charge < -0.3 is 10.8 Å². The molecular weight excluding hydrogens is 340 g/mol. The number of halogens is 4. The molecule has 0 aliphatic rings. The first-order valence-corrected chi connectivity index (χ1v) is 7.40. The normalized spacial score (nSPS) is 10.9. The number of aromatic nitrogens is 1. The molecule has 2 aromatic rings. The maximum atomic E-state index is 13.3. The Bertz CT molecular complexity index is 802. The van der Waals surface area contributed by atoms with Gasteiger partial charge in [-0.2, -0.15) is 13.2 Å². The number of carboxylic acid groups (broad SMARTS) is 1. The maximum absolute atomic E-state index is 13.3. The number of nitrogen functional groups attached to an aromatic ring is 1. The third-order valence-corrected chi connectivity index (χ3v) is 3.47. The Labute approximate surface area is 142 Å². The largest absolute Gasteiger partial charge is 0.478 e. The molecule has 0 fully saturated rings. The fourth-order valence-electron chi connectivity index (χ4n) is 2.24. The fraction of sp³-hybridized carbons (Fsp3) is 0.294. The average Bonchev–Trinajstić information content (AvgIpc) is 2.53. The number of pyridine rings is 1. The van der Waals surface area contributed by atoms with Gasteiger partial charge in [0, 0.05) is 11.3 Å². The molecule has 0 unspecified atom stereocenters. The Hall–Kier alpha value is -2.64. The predicted molar refractivity (Wildman–Crippen MR) is 86.8 cm³/mol. The lowest BCUT2D eigenvalue weighted by molar-refractivity contribution is -0.137. The SMILES string of the molecule is CC.Cc1cc(-c2c(C(F)(F)F)cc(C(=O)O)c(N)c2C)ncc1F. The van der Waals surface area contributed by atoms with E-state index in [9.17, 15) is 22.4 Å². The molecule has 2 rings (SSSR count). The number of hydrogen-bond donors (Lipinski definition) is 2. The molecule has 4 nitrogen and oxygen atoms in total. The third-order valence-electron chi connectivity index (χ3n) is 3.47. The van der Waals surface area contributed by atoms with Crippen molar-refractivity contribution in [3.05, 3.63) is 46.4 Å². The highest BCUT2D eigenvalue weighted by Crippen LogP contribution is 2.41. The lowest BCUT2D eigenvalue weighted by atomic mass is 9.92. The summed E-state index contributed by atoms with van der Waals surface area (Å²) in [6, 6.07) is 1.63. The van der Waals surface area contributed by atoms with Crippen molar-refractivity contribution in [2.24, 2.45) is 0 Å². The summed E-state index contributed by atoms with van der Waals surface area (Å²) in [6.45, 7) is 6.66. The van der Waals surface area contributed by atoms with Crippen molar-refractivity contribution in [3.8, 4) is 11.3 Å². The number of nitrogens with two attached hydrogens (primary N) is 1. The van der Waals surface area contributed by atoms with Gasteiger partial charge in [-0.05, 0) is 37.1 Å². The molecule has 1 heterocycles. The first-order valence-electron chi connectivity index (χ1n) is 7.40. The topological polar surface area (TPSA) is 76.2 Å². The standard InChI is InChI=1S/C15H12F4N2O2.C2H6/c1-6-3-11(21-5-10(6)16)12-7(2)13(20)8(14(22)23)4-9(12)15(17,18)19;1-2/h3-5H,20H2,1-2H3,(H,22,23);1-2H3. The first-order chi connectivity index (χ1) is 11.5. The van der Waals surface area contributed by atoms with E-state index in [2.05, 4.69) is 4.98 Å². The molecule has 0 radical (unpaired) electrons. The molecule has 136 valence electrons. The first kappa shape index (κ1) is 20.4. The molecule has 1 aromatic carbocycles. The van der Waals surface area contributed by atoms with Gasteiger partial charge in [-0.3, -0.25) is 4.98 Å². The van der Waals surface area contributed by atoms with E-state index in [0.717, 1.165) is 12.3 Å². The van der Waals surface area contributed by atoms with E-state index < -0.39 is 29.1 Å². The van der Waals surface area contributed by atoms with Crippen molar-refractivity contribution in [2.45, 2.75) is 33.9 Å². The Morgan fingerprint density at radius 3 is 2.20 bits per heavy atom. The summed E-state index contributed by atoms with van der Waals surface area (Å²) in [4.78, 5) is 14.8. The Balaban J connectivity index is 0.00000151.